The number of ether oxygens (including phenoxy) is 3. The van der Waals surface area contributed by atoms with Gasteiger partial charge in [0.25, 0.3) is 0 Å². The number of halogens is 1. The lowest BCUT2D eigenvalue weighted by atomic mass is 10.1. The van der Waals surface area contributed by atoms with Crippen molar-refractivity contribution in [2.24, 2.45) is 5.92 Å². The van der Waals surface area contributed by atoms with Crippen molar-refractivity contribution in [3.63, 3.8) is 0 Å². The highest BCUT2D eigenvalue weighted by atomic mass is 19.1. The van der Waals surface area contributed by atoms with Gasteiger partial charge in [0, 0.05) is 30.8 Å². The summed E-state index contributed by atoms with van der Waals surface area (Å²) < 4.78 is 29.4. The molecule has 0 radical (unpaired) electrons. The maximum atomic E-state index is 13.5. The third kappa shape index (κ3) is 4.11. The third-order valence-corrected chi connectivity index (χ3v) is 4.91. The summed E-state index contributed by atoms with van der Waals surface area (Å²) >= 11 is 0. The second-order valence-electron chi connectivity index (χ2n) is 6.74. The molecule has 0 bridgehead atoms. The van der Waals surface area contributed by atoms with Gasteiger partial charge in [-0.15, -0.1) is 0 Å². The first-order valence-electron chi connectivity index (χ1n) is 9.05. The lowest BCUT2D eigenvalue weighted by molar-refractivity contribution is -0.122. The topological polar surface area (TPSA) is 77.1 Å². The average molecular weight is 402 g/mol. The van der Waals surface area contributed by atoms with Gasteiger partial charge in [-0.3, -0.25) is 9.59 Å². The largest absolute Gasteiger partial charge is 0.493 e. The van der Waals surface area contributed by atoms with Gasteiger partial charge in [-0.2, -0.15) is 0 Å². The van der Waals surface area contributed by atoms with Crippen molar-refractivity contribution >= 4 is 23.2 Å². The molecule has 1 aliphatic rings. The summed E-state index contributed by atoms with van der Waals surface area (Å²) in [5.74, 6) is -0.286. The quantitative estimate of drug-likeness (QED) is 0.803. The minimum absolute atomic E-state index is 0.0524. The van der Waals surface area contributed by atoms with Crippen LogP contribution < -0.4 is 24.4 Å². The second-order valence-corrected chi connectivity index (χ2v) is 6.74. The predicted molar refractivity (Wildman–Crippen MR) is 106 cm³/mol. The van der Waals surface area contributed by atoms with E-state index < -0.39 is 11.7 Å². The Morgan fingerprint density at radius 1 is 1.10 bits per heavy atom. The van der Waals surface area contributed by atoms with E-state index in [0.29, 0.717) is 28.6 Å². The van der Waals surface area contributed by atoms with Crippen LogP contribution in [0.15, 0.2) is 30.3 Å². The molecule has 29 heavy (non-hydrogen) atoms. The summed E-state index contributed by atoms with van der Waals surface area (Å²) in [6.45, 7) is 1.97. The molecule has 0 aliphatic carbocycles. The first-order chi connectivity index (χ1) is 13.9. The van der Waals surface area contributed by atoms with Crippen LogP contribution in [0.1, 0.15) is 12.0 Å². The zero-order valence-electron chi connectivity index (χ0n) is 16.7. The number of aryl methyl sites for hydroxylation is 1. The molecule has 2 aromatic rings. The molecule has 8 heteroatoms. The number of nitrogens with zero attached hydrogens (tertiary/aromatic N) is 1. The molecular weight excluding hydrogens is 379 g/mol. The van der Waals surface area contributed by atoms with Gasteiger partial charge in [0.1, 0.15) is 5.82 Å². The number of carbonyl (C=O) groups is 2. The summed E-state index contributed by atoms with van der Waals surface area (Å²) in [6.07, 6.45) is 0.0524. The molecule has 7 nitrogen and oxygen atoms in total. The molecule has 2 amide bonds. The van der Waals surface area contributed by atoms with Crippen LogP contribution in [-0.4, -0.2) is 39.7 Å². The van der Waals surface area contributed by atoms with Crippen LogP contribution in [0.4, 0.5) is 15.8 Å². The van der Waals surface area contributed by atoms with Crippen LogP contribution in [0.3, 0.4) is 0 Å². The number of benzene rings is 2. The lowest BCUT2D eigenvalue weighted by Crippen LogP contribution is -2.28. The van der Waals surface area contributed by atoms with Crippen LogP contribution in [0, 0.1) is 18.7 Å². The second kappa shape index (κ2) is 8.38. The van der Waals surface area contributed by atoms with Crippen molar-refractivity contribution in [2.75, 3.05) is 38.1 Å². The Morgan fingerprint density at radius 2 is 1.76 bits per heavy atom. The number of hydrogen-bond donors (Lipinski definition) is 1. The van der Waals surface area contributed by atoms with E-state index in [1.165, 1.54) is 38.4 Å². The first kappa shape index (κ1) is 20.4. The van der Waals surface area contributed by atoms with E-state index in [9.17, 15) is 14.0 Å². The molecule has 1 atom stereocenters. The molecule has 0 spiro atoms. The van der Waals surface area contributed by atoms with Crippen molar-refractivity contribution < 1.29 is 28.2 Å². The van der Waals surface area contributed by atoms with Gasteiger partial charge in [-0.25, -0.2) is 4.39 Å². The maximum Gasteiger partial charge on any atom is 0.229 e. The van der Waals surface area contributed by atoms with Crippen LogP contribution in [0.25, 0.3) is 0 Å². The molecule has 0 aromatic heterocycles. The van der Waals surface area contributed by atoms with Gasteiger partial charge in [-0.05, 0) is 24.6 Å². The number of hydrogen-bond acceptors (Lipinski definition) is 5. The smallest absolute Gasteiger partial charge is 0.229 e. The number of nitrogens with one attached hydrogen (secondary N) is 1. The van der Waals surface area contributed by atoms with E-state index in [2.05, 4.69) is 5.32 Å². The monoisotopic (exact) mass is 402 g/mol. The Kier molecular flexibility index (Phi) is 5.91. The van der Waals surface area contributed by atoms with Crippen LogP contribution in [0.2, 0.25) is 0 Å². The van der Waals surface area contributed by atoms with Crippen molar-refractivity contribution in [3.05, 3.63) is 41.7 Å². The average Bonchev–Trinajstić information content (AvgIpc) is 3.11. The van der Waals surface area contributed by atoms with E-state index in [0.717, 1.165) is 5.56 Å². The minimum Gasteiger partial charge on any atom is -0.493 e. The van der Waals surface area contributed by atoms with Crippen molar-refractivity contribution in [3.8, 4) is 17.2 Å². The maximum absolute atomic E-state index is 13.5. The van der Waals surface area contributed by atoms with E-state index in [1.807, 2.05) is 0 Å². The summed E-state index contributed by atoms with van der Waals surface area (Å²) in [5, 5.41) is 2.72. The molecule has 1 N–H and O–H groups in total. The first-order valence-corrected chi connectivity index (χ1v) is 9.05. The molecule has 1 heterocycles. The van der Waals surface area contributed by atoms with E-state index in [1.54, 1.807) is 25.1 Å². The lowest BCUT2D eigenvalue weighted by Gasteiger charge is -2.20. The van der Waals surface area contributed by atoms with Crippen molar-refractivity contribution in [1.29, 1.82) is 0 Å². The number of carbonyl (C=O) groups excluding carboxylic acids is 2. The molecule has 1 unspecified atom stereocenters. The molecule has 1 aliphatic heterocycles. The highest BCUT2D eigenvalue weighted by Gasteiger charge is 2.36. The van der Waals surface area contributed by atoms with Crippen LogP contribution >= 0.6 is 0 Å². The summed E-state index contributed by atoms with van der Waals surface area (Å²) in [6, 6.07) is 7.51. The van der Waals surface area contributed by atoms with E-state index in [4.69, 9.17) is 14.2 Å². The molecule has 0 saturated carbocycles. The van der Waals surface area contributed by atoms with Gasteiger partial charge in [0.2, 0.25) is 17.6 Å². The fraction of sp³-hybridized carbons (Fsp3) is 0.333. The van der Waals surface area contributed by atoms with E-state index in [-0.39, 0.29) is 24.8 Å². The molecule has 1 saturated heterocycles. The van der Waals surface area contributed by atoms with Gasteiger partial charge >= 0.3 is 0 Å². The highest BCUT2D eigenvalue weighted by molar-refractivity contribution is 6.04. The molecule has 2 aromatic carbocycles. The van der Waals surface area contributed by atoms with Gasteiger partial charge in [0.15, 0.2) is 11.5 Å². The Morgan fingerprint density at radius 3 is 2.34 bits per heavy atom. The fourth-order valence-corrected chi connectivity index (χ4v) is 3.32. The fourth-order valence-electron chi connectivity index (χ4n) is 3.32. The Bertz CT molecular complexity index is 922. The third-order valence-electron chi connectivity index (χ3n) is 4.91. The standard InChI is InChI=1S/C21H23FN2O5/c1-12-5-6-14(22)8-16(12)23-21(26)13-7-19(25)24(11-13)15-9-17(27-2)20(29-4)18(10-15)28-3/h5-6,8-10,13H,7,11H2,1-4H3,(H,23,26). The minimum atomic E-state index is -0.566. The molecule has 1 fully saturated rings. The molecule has 3 rings (SSSR count). The normalized spacial score (nSPS) is 16.0. The highest BCUT2D eigenvalue weighted by Crippen LogP contribution is 2.42. The van der Waals surface area contributed by atoms with Gasteiger partial charge < -0.3 is 24.4 Å². The SMILES string of the molecule is COc1cc(N2CC(C(=O)Nc3cc(F)ccc3C)CC2=O)cc(OC)c1OC. The zero-order valence-corrected chi connectivity index (χ0v) is 16.7. The number of methoxy groups -OCH3 is 3. The number of anilines is 2. The van der Waals surface area contributed by atoms with Crippen LogP contribution in [-0.2, 0) is 9.59 Å². The van der Waals surface area contributed by atoms with Gasteiger partial charge in [0.05, 0.1) is 32.9 Å². The summed E-state index contributed by atoms with van der Waals surface area (Å²) in [7, 11) is 4.48. The Balaban J connectivity index is 1.81. The van der Waals surface area contributed by atoms with Crippen molar-refractivity contribution in [2.45, 2.75) is 13.3 Å². The Hall–Kier alpha value is -3.29. The predicted octanol–water partition coefficient (Wildman–Crippen LogP) is 3.15. The van der Waals surface area contributed by atoms with E-state index >= 15 is 0 Å². The summed E-state index contributed by atoms with van der Waals surface area (Å²) in [5.41, 5.74) is 1.68. The molecular formula is C21H23FN2O5. The number of amides is 2. The Labute approximate surface area is 168 Å². The van der Waals surface area contributed by atoms with Crippen molar-refractivity contribution in [1.82, 2.24) is 0 Å². The number of rotatable bonds is 6. The van der Waals surface area contributed by atoms with Crippen LogP contribution in [0.5, 0.6) is 17.2 Å². The summed E-state index contributed by atoms with van der Waals surface area (Å²) in [4.78, 5) is 26.8. The zero-order chi connectivity index (χ0) is 21.1. The van der Waals surface area contributed by atoms with Gasteiger partial charge in [-0.1, -0.05) is 6.07 Å². The molecule has 154 valence electrons.